The number of hydrogen-bond donors (Lipinski definition) is 1. The summed E-state index contributed by atoms with van der Waals surface area (Å²) in [6, 6.07) is 3.10. The first kappa shape index (κ1) is 17.7. The van der Waals surface area contributed by atoms with E-state index in [1.807, 2.05) is 4.72 Å². The van der Waals surface area contributed by atoms with E-state index in [-0.39, 0.29) is 10.9 Å². The number of carbonyl (C=O) groups excluding carboxylic acids is 2. The molecule has 0 atom stereocenters. The Morgan fingerprint density at radius 3 is 2.43 bits per heavy atom. The molecule has 1 aromatic carbocycles. The molecule has 0 aliphatic carbocycles. The number of rotatable bonds is 3. The van der Waals surface area contributed by atoms with Gasteiger partial charge in [-0.1, -0.05) is 11.6 Å². The molecule has 6 nitrogen and oxygen atoms in total. The second-order valence-electron chi connectivity index (χ2n) is 5.32. The van der Waals surface area contributed by atoms with Crippen LogP contribution in [0, 0.1) is 11.7 Å². The number of sulfonamides is 1. The van der Waals surface area contributed by atoms with Crippen LogP contribution in [0.5, 0.6) is 0 Å². The van der Waals surface area contributed by atoms with E-state index >= 15 is 0 Å². The van der Waals surface area contributed by atoms with Crippen LogP contribution < -0.4 is 4.72 Å². The van der Waals surface area contributed by atoms with Crippen molar-refractivity contribution >= 4 is 33.4 Å². The van der Waals surface area contributed by atoms with Crippen molar-refractivity contribution in [2.75, 3.05) is 13.1 Å². The molecule has 0 spiro atoms. The molecule has 2 amide bonds. The first-order valence-electron chi connectivity index (χ1n) is 6.98. The van der Waals surface area contributed by atoms with Crippen LogP contribution in [-0.2, 0) is 19.6 Å². The minimum atomic E-state index is -4.30. The lowest BCUT2D eigenvalue weighted by atomic mass is 9.96. The molecule has 0 saturated carbocycles. The molecular formula is C14H16ClFN2O4S. The van der Waals surface area contributed by atoms with Crippen molar-refractivity contribution in [3.8, 4) is 0 Å². The molecule has 0 unspecified atom stereocenters. The topological polar surface area (TPSA) is 83.6 Å². The zero-order chi connectivity index (χ0) is 17.2. The quantitative estimate of drug-likeness (QED) is 0.884. The molecule has 1 aliphatic heterocycles. The average Bonchev–Trinajstić information content (AvgIpc) is 2.46. The highest BCUT2D eigenvalue weighted by molar-refractivity contribution is 7.90. The van der Waals surface area contributed by atoms with E-state index in [9.17, 15) is 22.4 Å². The third-order valence-corrected chi connectivity index (χ3v) is 5.34. The Balaban J connectivity index is 2.06. The Bertz CT molecular complexity index is 730. The second kappa shape index (κ2) is 6.84. The van der Waals surface area contributed by atoms with Crippen LogP contribution in [0.1, 0.15) is 19.8 Å². The van der Waals surface area contributed by atoms with Crippen LogP contribution in [0.25, 0.3) is 0 Å². The molecule has 1 heterocycles. The van der Waals surface area contributed by atoms with E-state index in [0.29, 0.717) is 25.9 Å². The molecule has 1 fully saturated rings. The summed E-state index contributed by atoms with van der Waals surface area (Å²) < 4.78 is 39.8. The minimum absolute atomic E-state index is 0.0596. The van der Waals surface area contributed by atoms with E-state index in [1.54, 1.807) is 4.90 Å². The van der Waals surface area contributed by atoms with Gasteiger partial charge in [-0.2, -0.15) is 0 Å². The molecule has 9 heteroatoms. The highest BCUT2D eigenvalue weighted by Crippen LogP contribution is 2.21. The molecule has 1 saturated heterocycles. The van der Waals surface area contributed by atoms with E-state index in [2.05, 4.69) is 0 Å². The summed E-state index contributed by atoms with van der Waals surface area (Å²) in [5, 5.41) is 0.0596. The standard InChI is InChI=1S/C14H16ClFN2O4S/c1-9(19)18-6-4-10(5-7-18)14(20)17-23(21,22)13-3-2-11(15)8-12(13)16/h2-3,8,10H,4-7H2,1H3,(H,17,20). The van der Waals surface area contributed by atoms with Crippen LogP contribution in [0.15, 0.2) is 23.1 Å². The lowest BCUT2D eigenvalue weighted by Crippen LogP contribution is -2.43. The normalized spacial score (nSPS) is 16.2. The summed E-state index contributed by atoms with van der Waals surface area (Å²) in [5.74, 6) is -2.33. The summed E-state index contributed by atoms with van der Waals surface area (Å²) in [5.41, 5.74) is 0. The largest absolute Gasteiger partial charge is 0.343 e. The average molecular weight is 363 g/mol. The second-order valence-corrected chi connectivity index (χ2v) is 7.41. The third kappa shape index (κ3) is 4.20. The number of hydrogen-bond acceptors (Lipinski definition) is 4. The molecule has 0 radical (unpaired) electrons. The van der Waals surface area contributed by atoms with Gasteiger partial charge in [0.15, 0.2) is 0 Å². The fourth-order valence-electron chi connectivity index (χ4n) is 2.42. The van der Waals surface area contributed by atoms with Crippen molar-refractivity contribution in [1.82, 2.24) is 9.62 Å². The van der Waals surface area contributed by atoms with Crippen molar-refractivity contribution in [2.24, 2.45) is 5.92 Å². The Labute approximate surface area is 138 Å². The summed E-state index contributed by atoms with van der Waals surface area (Å²) >= 11 is 5.58. The molecule has 2 rings (SSSR count). The van der Waals surface area contributed by atoms with Crippen molar-refractivity contribution in [3.63, 3.8) is 0 Å². The van der Waals surface area contributed by atoms with Gasteiger partial charge in [-0.15, -0.1) is 0 Å². The van der Waals surface area contributed by atoms with Gasteiger partial charge < -0.3 is 4.90 Å². The van der Waals surface area contributed by atoms with Crippen molar-refractivity contribution in [3.05, 3.63) is 29.0 Å². The van der Waals surface area contributed by atoms with E-state index in [4.69, 9.17) is 11.6 Å². The van der Waals surface area contributed by atoms with E-state index in [0.717, 1.165) is 12.1 Å². The number of piperidine rings is 1. The molecule has 0 bridgehead atoms. The molecule has 126 valence electrons. The molecule has 23 heavy (non-hydrogen) atoms. The lowest BCUT2D eigenvalue weighted by Gasteiger charge is -2.30. The van der Waals surface area contributed by atoms with Gasteiger partial charge in [0.1, 0.15) is 10.7 Å². The maximum Gasteiger partial charge on any atom is 0.266 e. The molecule has 1 aromatic rings. The molecule has 1 N–H and O–H groups in total. The Morgan fingerprint density at radius 2 is 1.91 bits per heavy atom. The summed E-state index contributed by atoms with van der Waals surface area (Å²) in [6.45, 7) is 2.22. The zero-order valence-corrected chi connectivity index (χ0v) is 14.0. The number of halogens is 2. The van der Waals surface area contributed by atoms with E-state index in [1.165, 1.54) is 13.0 Å². The monoisotopic (exact) mass is 362 g/mol. The summed E-state index contributed by atoms with van der Waals surface area (Å²) in [6.07, 6.45) is 0.730. The first-order valence-corrected chi connectivity index (χ1v) is 8.84. The number of benzene rings is 1. The smallest absolute Gasteiger partial charge is 0.266 e. The van der Waals surface area contributed by atoms with Crippen molar-refractivity contribution in [2.45, 2.75) is 24.7 Å². The lowest BCUT2D eigenvalue weighted by molar-refractivity contribution is -0.133. The Kier molecular flexibility index (Phi) is 5.26. The zero-order valence-electron chi connectivity index (χ0n) is 12.4. The number of amides is 2. The number of nitrogens with zero attached hydrogens (tertiary/aromatic N) is 1. The highest BCUT2D eigenvalue weighted by atomic mass is 35.5. The predicted octanol–water partition coefficient (Wildman–Crippen LogP) is 1.54. The number of nitrogens with one attached hydrogen (secondary N) is 1. The minimum Gasteiger partial charge on any atom is -0.343 e. The fourth-order valence-corrected chi connectivity index (χ4v) is 3.68. The summed E-state index contributed by atoms with van der Waals surface area (Å²) in [4.78, 5) is 24.3. The fraction of sp³-hybridized carbons (Fsp3) is 0.429. The maximum atomic E-state index is 13.7. The van der Waals surface area contributed by atoms with Crippen LogP contribution >= 0.6 is 11.6 Å². The Morgan fingerprint density at radius 1 is 1.30 bits per heavy atom. The molecule has 0 aromatic heterocycles. The maximum absolute atomic E-state index is 13.7. The number of carbonyl (C=O) groups is 2. The highest BCUT2D eigenvalue weighted by Gasteiger charge is 2.30. The van der Waals surface area contributed by atoms with Crippen LogP contribution in [-0.4, -0.2) is 38.2 Å². The molecular weight excluding hydrogens is 347 g/mol. The summed E-state index contributed by atoms with van der Waals surface area (Å²) in [7, 11) is -4.30. The predicted molar refractivity (Wildman–Crippen MR) is 81.7 cm³/mol. The third-order valence-electron chi connectivity index (χ3n) is 3.73. The van der Waals surface area contributed by atoms with Gasteiger partial charge in [0.05, 0.1) is 0 Å². The van der Waals surface area contributed by atoms with Gasteiger partial charge in [-0.05, 0) is 31.0 Å². The molecule has 1 aliphatic rings. The van der Waals surface area contributed by atoms with Gasteiger partial charge in [-0.25, -0.2) is 17.5 Å². The van der Waals surface area contributed by atoms with Gasteiger partial charge in [-0.3, -0.25) is 9.59 Å². The number of likely N-dealkylation sites (tertiary alicyclic amines) is 1. The van der Waals surface area contributed by atoms with Crippen LogP contribution in [0.4, 0.5) is 4.39 Å². The van der Waals surface area contributed by atoms with Gasteiger partial charge in [0.2, 0.25) is 11.8 Å². The van der Waals surface area contributed by atoms with Gasteiger partial charge >= 0.3 is 0 Å². The Hall–Kier alpha value is -1.67. The van der Waals surface area contributed by atoms with Gasteiger partial charge in [0.25, 0.3) is 10.0 Å². The van der Waals surface area contributed by atoms with Crippen molar-refractivity contribution < 1.29 is 22.4 Å². The van der Waals surface area contributed by atoms with Crippen molar-refractivity contribution in [1.29, 1.82) is 0 Å². The van der Waals surface area contributed by atoms with E-state index < -0.39 is 32.6 Å². The van der Waals surface area contributed by atoms with Crippen LogP contribution in [0.3, 0.4) is 0 Å². The SMILES string of the molecule is CC(=O)N1CCC(C(=O)NS(=O)(=O)c2ccc(Cl)cc2F)CC1. The van der Waals surface area contributed by atoms with Crippen LogP contribution in [0.2, 0.25) is 5.02 Å². The first-order chi connectivity index (χ1) is 10.7. The van der Waals surface area contributed by atoms with Gasteiger partial charge in [0, 0.05) is 31.0 Å².